The molecule has 4 rings (SSSR count). The topological polar surface area (TPSA) is 75.7 Å². The van der Waals surface area contributed by atoms with Gasteiger partial charge in [-0.25, -0.2) is 4.39 Å². The van der Waals surface area contributed by atoms with Crippen LogP contribution in [0.25, 0.3) is 6.08 Å². The lowest BCUT2D eigenvalue weighted by Gasteiger charge is -2.14. The number of nitrogens with one attached hydrogen (secondary N) is 1. The summed E-state index contributed by atoms with van der Waals surface area (Å²) in [6.45, 7) is 1.53. The molecule has 6 nitrogen and oxygen atoms in total. The van der Waals surface area contributed by atoms with E-state index in [0.29, 0.717) is 17.0 Å². The molecule has 1 fully saturated rings. The molecule has 1 aliphatic heterocycles. The number of nitrogens with zero attached hydrogens (tertiary/aromatic N) is 1. The fraction of sp³-hybridized carbons (Fsp3) is 0.115. The lowest BCUT2D eigenvalue weighted by molar-refractivity contribution is -0.123. The molecule has 0 saturated carbocycles. The molecule has 0 radical (unpaired) electrons. The van der Waals surface area contributed by atoms with Crippen LogP contribution >= 0.6 is 23.4 Å². The van der Waals surface area contributed by atoms with Gasteiger partial charge < -0.3 is 10.1 Å². The molecule has 1 aliphatic rings. The van der Waals surface area contributed by atoms with Gasteiger partial charge in [0.25, 0.3) is 17.1 Å². The van der Waals surface area contributed by atoms with Crippen molar-refractivity contribution < 1.29 is 23.5 Å². The van der Waals surface area contributed by atoms with Crippen LogP contribution in [0.5, 0.6) is 5.75 Å². The number of halogens is 2. The van der Waals surface area contributed by atoms with Crippen LogP contribution in [0.3, 0.4) is 0 Å². The van der Waals surface area contributed by atoms with E-state index in [0.717, 1.165) is 22.2 Å². The number of amides is 3. The van der Waals surface area contributed by atoms with Crippen LogP contribution in [0.15, 0.2) is 71.6 Å². The zero-order valence-corrected chi connectivity index (χ0v) is 20.2. The Kier molecular flexibility index (Phi) is 7.53. The summed E-state index contributed by atoms with van der Waals surface area (Å²) < 4.78 is 19.6. The summed E-state index contributed by atoms with van der Waals surface area (Å²) in [5.74, 6) is -0.914. The van der Waals surface area contributed by atoms with E-state index in [1.54, 1.807) is 36.4 Å². The molecule has 0 spiro atoms. The SMILES string of the molecule is Cc1cccc(NC(=O)COc2ccc(/C=C3/SC(=O)N(Cc4c(F)cccc4Cl)C3=O)cc2)c1. The van der Waals surface area contributed by atoms with Crippen LogP contribution in [-0.4, -0.2) is 28.6 Å². The standard InChI is InChI=1S/C26H20ClFN2O4S/c1-16-4-2-5-18(12-16)29-24(31)15-34-19-10-8-17(9-11-19)13-23-25(32)30(26(33)35-23)14-20-21(27)6-3-7-22(20)28/h2-13H,14-15H2,1H3,(H,29,31)/b23-13+. The molecule has 3 amide bonds. The molecule has 35 heavy (non-hydrogen) atoms. The maximum absolute atomic E-state index is 14.1. The molecule has 0 unspecified atom stereocenters. The van der Waals surface area contributed by atoms with Gasteiger partial charge in [-0.1, -0.05) is 41.9 Å². The summed E-state index contributed by atoms with van der Waals surface area (Å²) >= 11 is 6.81. The highest BCUT2D eigenvalue weighted by Gasteiger charge is 2.35. The normalized spacial score (nSPS) is 14.5. The van der Waals surface area contributed by atoms with Crippen LogP contribution < -0.4 is 10.1 Å². The number of benzene rings is 3. The fourth-order valence-electron chi connectivity index (χ4n) is 3.36. The summed E-state index contributed by atoms with van der Waals surface area (Å²) in [5, 5.41) is 2.42. The van der Waals surface area contributed by atoms with Crippen molar-refractivity contribution >= 4 is 52.2 Å². The second kappa shape index (κ2) is 10.8. The Bertz CT molecular complexity index is 1310. The summed E-state index contributed by atoms with van der Waals surface area (Å²) in [5.41, 5.74) is 2.48. The van der Waals surface area contributed by atoms with Gasteiger partial charge in [0.15, 0.2) is 6.61 Å². The molecule has 178 valence electrons. The van der Waals surface area contributed by atoms with Crippen molar-refractivity contribution in [3.8, 4) is 5.75 Å². The Labute approximate surface area is 210 Å². The number of imide groups is 1. The van der Waals surface area contributed by atoms with E-state index >= 15 is 0 Å². The Morgan fingerprint density at radius 2 is 1.86 bits per heavy atom. The quantitative estimate of drug-likeness (QED) is 0.392. The van der Waals surface area contributed by atoms with Gasteiger partial charge in [-0.05, 0) is 72.3 Å². The average Bonchev–Trinajstić information content (AvgIpc) is 3.08. The number of carbonyl (C=O) groups is 3. The maximum Gasteiger partial charge on any atom is 0.293 e. The first-order valence-electron chi connectivity index (χ1n) is 10.6. The predicted molar refractivity (Wildman–Crippen MR) is 135 cm³/mol. The van der Waals surface area contributed by atoms with Crippen molar-refractivity contribution in [1.82, 2.24) is 4.90 Å². The second-order valence-corrected chi connectivity index (χ2v) is 9.14. The number of thioether (sulfide) groups is 1. The molecule has 1 N–H and O–H groups in total. The highest BCUT2D eigenvalue weighted by Crippen LogP contribution is 2.34. The minimum Gasteiger partial charge on any atom is -0.484 e. The van der Waals surface area contributed by atoms with Gasteiger partial charge in [0, 0.05) is 16.3 Å². The molecule has 3 aromatic carbocycles. The van der Waals surface area contributed by atoms with E-state index in [4.69, 9.17) is 16.3 Å². The van der Waals surface area contributed by atoms with Crippen molar-refractivity contribution in [2.75, 3.05) is 11.9 Å². The van der Waals surface area contributed by atoms with Crippen molar-refractivity contribution in [3.63, 3.8) is 0 Å². The second-order valence-electron chi connectivity index (χ2n) is 7.74. The number of rotatable bonds is 7. The number of hydrogen-bond acceptors (Lipinski definition) is 5. The Morgan fingerprint density at radius 1 is 1.11 bits per heavy atom. The number of aryl methyl sites for hydroxylation is 1. The van der Waals surface area contributed by atoms with E-state index < -0.39 is 17.0 Å². The Morgan fingerprint density at radius 3 is 2.57 bits per heavy atom. The summed E-state index contributed by atoms with van der Waals surface area (Å²) in [6.07, 6.45) is 1.57. The predicted octanol–water partition coefficient (Wildman–Crippen LogP) is 6.04. The molecular weight excluding hydrogens is 491 g/mol. The highest BCUT2D eigenvalue weighted by atomic mass is 35.5. The van der Waals surface area contributed by atoms with Crippen molar-refractivity contribution in [2.45, 2.75) is 13.5 Å². The third-order valence-corrected chi connectivity index (χ3v) is 6.36. The first kappa shape index (κ1) is 24.5. The van der Waals surface area contributed by atoms with Crippen LogP contribution in [0, 0.1) is 12.7 Å². The summed E-state index contributed by atoms with van der Waals surface area (Å²) in [7, 11) is 0. The van der Waals surface area contributed by atoms with Crippen LogP contribution in [0.2, 0.25) is 5.02 Å². The molecule has 1 heterocycles. The van der Waals surface area contributed by atoms with Gasteiger partial charge in [-0.3, -0.25) is 19.3 Å². The van der Waals surface area contributed by atoms with Crippen LogP contribution in [0.4, 0.5) is 14.9 Å². The number of carbonyl (C=O) groups excluding carboxylic acids is 3. The Hall–Kier alpha value is -3.62. The molecule has 3 aromatic rings. The summed E-state index contributed by atoms with van der Waals surface area (Å²) in [4.78, 5) is 38.4. The van der Waals surface area contributed by atoms with Crippen molar-refractivity contribution in [3.05, 3.63) is 99.2 Å². The minimum atomic E-state index is -0.580. The zero-order chi connectivity index (χ0) is 24.9. The zero-order valence-electron chi connectivity index (χ0n) is 18.6. The molecule has 1 saturated heterocycles. The number of hydrogen-bond donors (Lipinski definition) is 1. The van der Waals surface area contributed by atoms with Crippen molar-refractivity contribution in [2.24, 2.45) is 0 Å². The largest absolute Gasteiger partial charge is 0.484 e. The fourth-order valence-corrected chi connectivity index (χ4v) is 4.42. The lowest BCUT2D eigenvalue weighted by atomic mass is 10.2. The average molecular weight is 511 g/mol. The van der Waals surface area contributed by atoms with Gasteiger partial charge in [0.1, 0.15) is 11.6 Å². The first-order chi connectivity index (χ1) is 16.8. The molecular formula is C26H20ClFN2O4S. The van der Waals surface area contributed by atoms with Gasteiger partial charge in [0.2, 0.25) is 0 Å². The summed E-state index contributed by atoms with van der Waals surface area (Å²) in [6, 6.07) is 18.4. The smallest absolute Gasteiger partial charge is 0.293 e. The van der Waals surface area contributed by atoms with Crippen molar-refractivity contribution in [1.29, 1.82) is 0 Å². The van der Waals surface area contributed by atoms with E-state index in [-0.39, 0.29) is 34.6 Å². The van der Waals surface area contributed by atoms with Crippen LogP contribution in [-0.2, 0) is 16.1 Å². The maximum atomic E-state index is 14.1. The Balaban J connectivity index is 1.36. The third-order valence-electron chi connectivity index (χ3n) is 5.10. The number of ether oxygens (including phenoxy) is 1. The van der Waals surface area contributed by atoms with E-state index in [9.17, 15) is 18.8 Å². The van der Waals surface area contributed by atoms with Gasteiger partial charge in [-0.15, -0.1) is 0 Å². The van der Waals surface area contributed by atoms with Gasteiger partial charge >= 0.3 is 0 Å². The highest BCUT2D eigenvalue weighted by molar-refractivity contribution is 8.18. The number of anilines is 1. The first-order valence-corrected chi connectivity index (χ1v) is 11.8. The van der Waals surface area contributed by atoms with E-state index in [1.165, 1.54) is 18.2 Å². The monoisotopic (exact) mass is 510 g/mol. The van der Waals surface area contributed by atoms with Gasteiger partial charge in [0.05, 0.1) is 11.4 Å². The molecule has 9 heteroatoms. The lowest BCUT2D eigenvalue weighted by Crippen LogP contribution is -2.28. The van der Waals surface area contributed by atoms with Crippen LogP contribution in [0.1, 0.15) is 16.7 Å². The van der Waals surface area contributed by atoms with Gasteiger partial charge in [-0.2, -0.15) is 0 Å². The third kappa shape index (κ3) is 6.09. The molecule has 0 bridgehead atoms. The minimum absolute atomic E-state index is 0.0886. The molecule has 0 atom stereocenters. The van der Waals surface area contributed by atoms with E-state index in [2.05, 4.69) is 5.32 Å². The van der Waals surface area contributed by atoms with E-state index in [1.807, 2.05) is 25.1 Å². The molecule has 0 aliphatic carbocycles. The molecule has 0 aromatic heterocycles.